The molecule has 0 aromatic carbocycles. The van der Waals surface area contributed by atoms with Crippen LogP contribution in [0, 0.1) is 0 Å². The second kappa shape index (κ2) is 3.03. The van der Waals surface area contributed by atoms with Crippen LogP contribution in [0.25, 0.3) is 11.2 Å². The van der Waals surface area contributed by atoms with Crippen LogP contribution < -0.4 is 5.82 Å². The van der Waals surface area contributed by atoms with Crippen LogP contribution in [0.4, 0.5) is 0 Å². The summed E-state index contributed by atoms with van der Waals surface area (Å²) in [5.74, 6) is -0.595. The van der Waals surface area contributed by atoms with E-state index in [1.54, 1.807) is 11.3 Å². The van der Waals surface area contributed by atoms with E-state index in [0.29, 0.717) is 11.2 Å². The average Bonchev–Trinajstić information content (AvgIpc) is 2.61. The molecule has 0 unspecified atom stereocenters. The molecule has 2 heterocycles. The molecule has 0 fully saturated rings. The molecule has 2 rings (SSSR count). The largest absolute Gasteiger partial charge is 0.519 e. The van der Waals surface area contributed by atoms with Gasteiger partial charge in [0.15, 0.2) is 11.2 Å². The zero-order chi connectivity index (χ0) is 9.42. The third-order valence-corrected chi connectivity index (χ3v) is 3.41. The molecule has 0 N–H and O–H groups in total. The molecular formula is C9H10O3S. The molecule has 0 aliphatic carbocycles. The van der Waals surface area contributed by atoms with Crippen LogP contribution >= 0.6 is 11.3 Å². The lowest BCUT2D eigenvalue weighted by atomic mass is 10.3. The second-order valence-corrected chi connectivity index (χ2v) is 3.96. The van der Waals surface area contributed by atoms with Crippen molar-refractivity contribution >= 4 is 22.5 Å². The van der Waals surface area contributed by atoms with Crippen LogP contribution in [0.3, 0.4) is 0 Å². The highest BCUT2D eigenvalue weighted by atomic mass is 32.1. The molecule has 3 nitrogen and oxygen atoms in total. The van der Waals surface area contributed by atoms with Crippen molar-refractivity contribution in [3.63, 3.8) is 0 Å². The summed E-state index contributed by atoms with van der Waals surface area (Å²) in [6, 6.07) is 0. The molecule has 0 amide bonds. The molecule has 2 aromatic rings. The number of fused-ring (bicyclic) bond motifs is 1. The van der Waals surface area contributed by atoms with E-state index in [4.69, 9.17) is 8.83 Å². The van der Waals surface area contributed by atoms with Gasteiger partial charge in [-0.1, -0.05) is 13.8 Å². The van der Waals surface area contributed by atoms with E-state index in [1.165, 1.54) is 0 Å². The minimum atomic E-state index is -0.595. The molecule has 0 bridgehead atoms. The average molecular weight is 198 g/mol. The van der Waals surface area contributed by atoms with Gasteiger partial charge in [-0.3, -0.25) is 0 Å². The SMILES string of the molecule is CCc1sc(CC)c2oc(=O)oc12. The Bertz CT molecular complexity index is 435. The molecule has 0 aliphatic rings. The van der Waals surface area contributed by atoms with Gasteiger partial charge in [0.1, 0.15) is 0 Å². The fourth-order valence-electron chi connectivity index (χ4n) is 1.35. The first-order valence-corrected chi connectivity index (χ1v) is 5.12. The Hall–Kier alpha value is -1.03. The molecule has 0 saturated carbocycles. The molecule has 13 heavy (non-hydrogen) atoms. The van der Waals surface area contributed by atoms with Gasteiger partial charge in [-0.25, -0.2) is 4.79 Å². The summed E-state index contributed by atoms with van der Waals surface area (Å²) in [5.41, 5.74) is 1.30. The zero-order valence-electron chi connectivity index (χ0n) is 7.55. The Morgan fingerprint density at radius 2 is 1.54 bits per heavy atom. The van der Waals surface area contributed by atoms with Gasteiger partial charge < -0.3 is 8.83 Å². The van der Waals surface area contributed by atoms with Crippen LogP contribution in [0.5, 0.6) is 0 Å². The van der Waals surface area contributed by atoms with Gasteiger partial charge >= 0.3 is 5.82 Å². The van der Waals surface area contributed by atoms with Gasteiger partial charge in [0, 0.05) is 0 Å². The molecule has 2 aromatic heterocycles. The number of hydrogen-bond acceptors (Lipinski definition) is 4. The summed E-state index contributed by atoms with van der Waals surface area (Å²) in [6.07, 6.45) is 1.76. The second-order valence-electron chi connectivity index (χ2n) is 2.77. The Morgan fingerprint density at radius 3 is 1.92 bits per heavy atom. The molecule has 0 radical (unpaired) electrons. The number of hydrogen-bond donors (Lipinski definition) is 0. The normalized spacial score (nSPS) is 11.2. The highest BCUT2D eigenvalue weighted by Crippen LogP contribution is 2.31. The van der Waals surface area contributed by atoms with Gasteiger partial charge in [0.05, 0.1) is 9.75 Å². The summed E-state index contributed by atoms with van der Waals surface area (Å²) in [6.45, 7) is 4.08. The summed E-state index contributed by atoms with van der Waals surface area (Å²) < 4.78 is 9.92. The zero-order valence-corrected chi connectivity index (χ0v) is 8.36. The van der Waals surface area contributed by atoms with Crippen molar-refractivity contribution < 1.29 is 8.83 Å². The summed E-state index contributed by atoms with van der Waals surface area (Å²) >= 11 is 1.66. The van der Waals surface area contributed by atoms with Crippen molar-refractivity contribution in [2.24, 2.45) is 0 Å². The third kappa shape index (κ3) is 1.21. The maximum Gasteiger partial charge on any atom is 0.519 e. The van der Waals surface area contributed by atoms with E-state index in [0.717, 1.165) is 22.6 Å². The van der Waals surface area contributed by atoms with Crippen LogP contribution in [-0.4, -0.2) is 0 Å². The number of aryl methyl sites for hydroxylation is 2. The molecule has 0 spiro atoms. The van der Waals surface area contributed by atoms with Gasteiger partial charge in [-0.15, -0.1) is 11.3 Å². The van der Waals surface area contributed by atoms with E-state index in [-0.39, 0.29) is 0 Å². The first-order valence-electron chi connectivity index (χ1n) is 4.30. The van der Waals surface area contributed by atoms with E-state index >= 15 is 0 Å². The van der Waals surface area contributed by atoms with Crippen molar-refractivity contribution in [3.8, 4) is 0 Å². The van der Waals surface area contributed by atoms with Crippen molar-refractivity contribution in [1.82, 2.24) is 0 Å². The van der Waals surface area contributed by atoms with Crippen molar-refractivity contribution in [2.45, 2.75) is 26.7 Å². The van der Waals surface area contributed by atoms with Crippen molar-refractivity contribution in [3.05, 3.63) is 20.4 Å². The first kappa shape index (κ1) is 8.56. The fourth-order valence-corrected chi connectivity index (χ4v) is 2.39. The molecule has 0 aliphatic heterocycles. The van der Waals surface area contributed by atoms with E-state index in [2.05, 4.69) is 0 Å². The van der Waals surface area contributed by atoms with Crippen molar-refractivity contribution in [2.75, 3.05) is 0 Å². The maximum absolute atomic E-state index is 10.9. The molecule has 70 valence electrons. The minimum absolute atomic E-state index is 0.595. The Kier molecular flexibility index (Phi) is 2.00. The predicted octanol–water partition coefficient (Wildman–Crippen LogP) is 2.57. The van der Waals surface area contributed by atoms with Gasteiger partial charge in [-0.2, -0.15) is 0 Å². The monoisotopic (exact) mass is 198 g/mol. The highest BCUT2D eigenvalue weighted by Gasteiger charge is 2.15. The van der Waals surface area contributed by atoms with Crippen LogP contribution in [0.15, 0.2) is 13.6 Å². The quantitative estimate of drug-likeness (QED) is 0.744. The fraction of sp³-hybridized carbons (Fsp3) is 0.444. The smallest absolute Gasteiger partial charge is 0.389 e. The maximum atomic E-state index is 10.9. The predicted molar refractivity (Wildman–Crippen MR) is 51.4 cm³/mol. The van der Waals surface area contributed by atoms with Crippen LogP contribution in [-0.2, 0) is 12.8 Å². The Morgan fingerprint density at radius 1 is 1.08 bits per heavy atom. The Balaban J connectivity index is 2.80. The minimum Gasteiger partial charge on any atom is -0.389 e. The van der Waals surface area contributed by atoms with Crippen LogP contribution in [0.1, 0.15) is 23.6 Å². The summed E-state index contributed by atoms with van der Waals surface area (Å²) in [4.78, 5) is 13.0. The lowest BCUT2D eigenvalue weighted by Crippen LogP contribution is -1.86. The van der Waals surface area contributed by atoms with Gasteiger partial charge in [0.25, 0.3) is 0 Å². The lowest BCUT2D eigenvalue weighted by Gasteiger charge is -1.84. The third-order valence-electron chi connectivity index (χ3n) is 1.97. The summed E-state index contributed by atoms with van der Waals surface area (Å²) in [7, 11) is 0. The van der Waals surface area contributed by atoms with E-state index in [9.17, 15) is 4.79 Å². The molecular weight excluding hydrogens is 188 g/mol. The first-order chi connectivity index (χ1) is 6.26. The van der Waals surface area contributed by atoms with Crippen LogP contribution in [0.2, 0.25) is 0 Å². The Labute approximate surface area is 79.0 Å². The lowest BCUT2D eigenvalue weighted by molar-refractivity contribution is 0.408. The number of thiophene rings is 1. The van der Waals surface area contributed by atoms with E-state index in [1.807, 2.05) is 13.8 Å². The standard InChI is InChI=1S/C9H10O3S/c1-3-5-7-8(6(4-2)13-5)12-9(10)11-7/h3-4H2,1-2H3. The van der Waals surface area contributed by atoms with Gasteiger partial charge in [0.2, 0.25) is 0 Å². The van der Waals surface area contributed by atoms with Crippen molar-refractivity contribution in [1.29, 1.82) is 0 Å². The molecule has 4 heteroatoms. The topological polar surface area (TPSA) is 43.4 Å². The number of rotatable bonds is 2. The summed E-state index contributed by atoms with van der Waals surface area (Å²) in [5, 5.41) is 0. The highest BCUT2D eigenvalue weighted by molar-refractivity contribution is 7.13. The molecule has 0 saturated heterocycles. The molecule has 0 atom stereocenters. The van der Waals surface area contributed by atoms with Gasteiger partial charge in [-0.05, 0) is 12.8 Å². The van der Waals surface area contributed by atoms with E-state index < -0.39 is 5.82 Å².